The van der Waals surface area contributed by atoms with Crippen molar-refractivity contribution >= 4 is 11.4 Å². The molecular weight excluding hydrogens is 224 g/mol. The summed E-state index contributed by atoms with van der Waals surface area (Å²) in [6, 6.07) is 4.68. The van der Waals surface area contributed by atoms with Crippen molar-refractivity contribution in [2.24, 2.45) is 0 Å². The largest absolute Gasteiger partial charge is 0.394 e. The average molecular weight is 240 g/mol. The molecule has 0 fully saturated rings. The van der Waals surface area contributed by atoms with Gasteiger partial charge in [-0.2, -0.15) is 0 Å². The molecule has 0 amide bonds. The molecule has 0 aliphatic heterocycles. The number of aryl methyl sites for hydroxylation is 1. The minimum absolute atomic E-state index is 0.00762. The van der Waals surface area contributed by atoms with Gasteiger partial charge in [0.1, 0.15) is 0 Å². The molecular formula is C11H16N2O4. The highest BCUT2D eigenvalue weighted by atomic mass is 16.6. The Balaban J connectivity index is 3.01. The van der Waals surface area contributed by atoms with Crippen LogP contribution in [0.15, 0.2) is 18.2 Å². The fraction of sp³-hybridized carbons (Fsp3) is 0.455. The number of aliphatic hydroxyl groups is 2. The molecule has 17 heavy (non-hydrogen) atoms. The van der Waals surface area contributed by atoms with Gasteiger partial charge in [-0.1, -0.05) is 6.07 Å². The van der Waals surface area contributed by atoms with Gasteiger partial charge in [0.25, 0.3) is 5.69 Å². The fourth-order valence-electron chi connectivity index (χ4n) is 1.36. The number of benzene rings is 1. The quantitative estimate of drug-likeness (QED) is 0.528. The van der Waals surface area contributed by atoms with Gasteiger partial charge in [-0.05, 0) is 19.9 Å². The molecule has 0 unspecified atom stereocenters. The average Bonchev–Trinajstić information content (AvgIpc) is 2.31. The Kier molecular flexibility index (Phi) is 4.03. The Bertz CT molecular complexity index is 416. The Morgan fingerprint density at radius 1 is 1.41 bits per heavy atom. The molecule has 0 aliphatic carbocycles. The van der Waals surface area contributed by atoms with Gasteiger partial charge >= 0.3 is 0 Å². The molecule has 0 aliphatic rings. The zero-order valence-corrected chi connectivity index (χ0v) is 9.80. The number of aliphatic hydroxyl groups excluding tert-OH is 2. The molecule has 1 aromatic carbocycles. The van der Waals surface area contributed by atoms with Gasteiger partial charge in [0.15, 0.2) is 0 Å². The van der Waals surface area contributed by atoms with Gasteiger partial charge in [-0.15, -0.1) is 0 Å². The first kappa shape index (κ1) is 13.4. The molecule has 0 heterocycles. The highest BCUT2D eigenvalue weighted by Gasteiger charge is 2.23. The number of nitrogens with zero attached hydrogens (tertiary/aromatic N) is 1. The Morgan fingerprint density at radius 2 is 2.00 bits per heavy atom. The Morgan fingerprint density at radius 3 is 2.47 bits per heavy atom. The van der Waals surface area contributed by atoms with Gasteiger partial charge in [-0.25, -0.2) is 0 Å². The molecule has 0 saturated heterocycles. The lowest BCUT2D eigenvalue weighted by Crippen LogP contribution is -2.42. The number of hydrogen-bond donors (Lipinski definition) is 3. The van der Waals surface area contributed by atoms with Crippen molar-refractivity contribution in [2.75, 3.05) is 18.5 Å². The lowest BCUT2D eigenvalue weighted by Gasteiger charge is -2.27. The maximum Gasteiger partial charge on any atom is 0.274 e. The first-order valence-electron chi connectivity index (χ1n) is 5.17. The molecule has 0 aromatic heterocycles. The summed E-state index contributed by atoms with van der Waals surface area (Å²) < 4.78 is 0. The van der Waals surface area contributed by atoms with E-state index >= 15 is 0 Å². The zero-order chi connectivity index (χ0) is 13.1. The van der Waals surface area contributed by atoms with Crippen molar-refractivity contribution in [3.63, 3.8) is 0 Å². The SMILES string of the molecule is Cc1ccc(NC(C)(CO)CO)cc1[N+](=O)[O-]. The number of nitrogens with one attached hydrogen (secondary N) is 1. The summed E-state index contributed by atoms with van der Waals surface area (Å²) in [5, 5.41) is 31.9. The molecule has 3 N–H and O–H groups in total. The number of hydrogen-bond acceptors (Lipinski definition) is 5. The van der Waals surface area contributed by atoms with Crippen LogP contribution in [0.3, 0.4) is 0 Å². The van der Waals surface area contributed by atoms with E-state index in [0.717, 1.165) is 0 Å². The van der Waals surface area contributed by atoms with Crippen LogP contribution in [0.25, 0.3) is 0 Å². The lowest BCUT2D eigenvalue weighted by molar-refractivity contribution is -0.385. The first-order chi connectivity index (χ1) is 7.91. The third-order valence-electron chi connectivity index (χ3n) is 2.55. The zero-order valence-electron chi connectivity index (χ0n) is 9.80. The van der Waals surface area contributed by atoms with E-state index < -0.39 is 10.5 Å². The summed E-state index contributed by atoms with van der Waals surface area (Å²) in [6.45, 7) is 2.73. The predicted molar refractivity (Wildman–Crippen MR) is 64.0 cm³/mol. The van der Waals surface area contributed by atoms with Gasteiger partial charge in [0.2, 0.25) is 0 Å². The van der Waals surface area contributed by atoms with Crippen LogP contribution < -0.4 is 5.32 Å². The number of rotatable bonds is 5. The van der Waals surface area contributed by atoms with Crippen LogP contribution >= 0.6 is 0 Å². The summed E-state index contributed by atoms with van der Waals surface area (Å²) in [4.78, 5) is 10.3. The maximum absolute atomic E-state index is 10.8. The van der Waals surface area contributed by atoms with Crippen LogP contribution in [0, 0.1) is 17.0 Å². The third-order valence-corrected chi connectivity index (χ3v) is 2.55. The predicted octanol–water partition coefficient (Wildman–Crippen LogP) is 1.06. The van der Waals surface area contributed by atoms with E-state index in [4.69, 9.17) is 10.2 Å². The molecule has 6 heteroatoms. The highest BCUT2D eigenvalue weighted by Crippen LogP contribution is 2.24. The second-order valence-electron chi connectivity index (χ2n) is 4.26. The monoisotopic (exact) mass is 240 g/mol. The summed E-state index contributed by atoms with van der Waals surface area (Å²) in [5.74, 6) is 0. The van der Waals surface area contributed by atoms with Crippen molar-refractivity contribution in [1.82, 2.24) is 0 Å². The van der Waals surface area contributed by atoms with Gasteiger partial charge in [0, 0.05) is 17.3 Å². The molecule has 0 atom stereocenters. The van der Waals surface area contributed by atoms with E-state index in [0.29, 0.717) is 11.3 Å². The maximum atomic E-state index is 10.8. The Labute approximate surface area is 99.0 Å². The van der Waals surface area contributed by atoms with Crippen molar-refractivity contribution in [2.45, 2.75) is 19.4 Å². The molecule has 0 spiro atoms. The normalized spacial score (nSPS) is 11.3. The molecule has 1 aromatic rings. The molecule has 6 nitrogen and oxygen atoms in total. The minimum atomic E-state index is -0.900. The third kappa shape index (κ3) is 3.15. The summed E-state index contributed by atoms with van der Waals surface area (Å²) in [7, 11) is 0. The number of nitro groups is 1. The smallest absolute Gasteiger partial charge is 0.274 e. The first-order valence-corrected chi connectivity index (χ1v) is 5.17. The summed E-state index contributed by atoms with van der Waals surface area (Å²) in [5.41, 5.74) is 0.166. The number of anilines is 1. The van der Waals surface area contributed by atoms with Crippen molar-refractivity contribution < 1.29 is 15.1 Å². The molecule has 0 saturated carbocycles. The molecule has 1 rings (SSSR count). The van der Waals surface area contributed by atoms with E-state index in [2.05, 4.69) is 5.32 Å². The standard InChI is InChI=1S/C11H16N2O4/c1-8-3-4-9(5-10(8)13(16)17)12-11(2,6-14)7-15/h3-5,12,14-15H,6-7H2,1-2H3. The second kappa shape index (κ2) is 5.11. The van der Waals surface area contributed by atoms with Gasteiger partial charge < -0.3 is 15.5 Å². The van der Waals surface area contributed by atoms with Gasteiger partial charge in [-0.3, -0.25) is 10.1 Å². The summed E-state index contributed by atoms with van der Waals surface area (Å²) >= 11 is 0. The molecule has 0 radical (unpaired) electrons. The topological polar surface area (TPSA) is 95.6 Å². The van der Waals surface area contributed by atoms with E-state index in [1.54, 1.807) is 26.0 Å². The Hall–Kier alpha value is -1.66. The van der Waals surface area contributed by atoms with Crippen LogP contribution in [0.4, 0.5) is 11.4 Å². The second-order valence-corrected chi connectivity index (χ2v) is 4.26. The van der Waals surface area contributed by atoms with E-state index in [1.807, 2.05) is 0 Å². The summed E-state index contributed by atoms with van der Waals surface area (Å²) in [6.07, 6.45) is 0. The van der Waals surface area contributed by atoms with E-state index in [-0.39, 0.29) is 18.9 Å². The van der Waals surface area contributed by atoms with Crippen LogP contribution in [0.2, 0.25) is 0 Å². The van der Waals surface area contributed by atoms with Crippen LogP contribution in [-0.4, -0.2) is 33.9 Å². The molecule has 0 bridgehead atoms. The van der Waals surface area contributed by atoms with Crippen molar-refractivity contribution in [3.8, 4) is 0 Å². The van der Waals surface area contributed by atoms with E-state index in [9.17, 15) is 10.1 Å². The minimum Gasteiger partial charge on any atom is -0.394 e. The lowest BCUT2D eigenvalue weighted by atomic mass is 10.0. The number of nitro benzene ring substituents is 1. The van der Waals surface area contributed by atoms with Gasteiger partial charge in [0.05, 0.1) is 23.7 Å². The highest BCUT2D eigenvalue weighted by molar-refractivity contribution is 5.56. The van der Waals surface area contributed by atoms with Crippen molar-refractivity contribution in [3.05, 3.63) is 33.9 Å². The van der Waals surface area contributed by atoms with Crippen LogP contribution in [-0.2, 0) is 0 Å². The fourth-order valence-corrected chi connectivity index (χ4v) is 1.36. The van der Waals surface area contributed by atoms with Crippen molar-refractivity contribution in [1.29, 1.82) is 0 Å². The molecule has 94 valence electrons. The van der Waals surface area contributed by atoms with Crippen LogP contribution in [0.1, 0.15) is 12.5 Å². The van der Waals surface area contributed by atoms with E-state index in [1.165, 1.54) is 6.07 Å². The van der Waals surface area contributed by atoms with Crippen LogP contribution in [0.5, 0.6) is 0 Å².